The third-order valence-electron chi connectivity index (χ3n) is 10.9. The standard InChI is InChI=1S/C24H28N4O3.C23H26N4OS.CH2O/c1-17-6-5-7-19(14-17)28-22(15-18(2)25-28)24(29)27-12-10-26(11-13-27)21-9-8-20(30-3)16-23(21)31-4;1-17-7-6-8-19(15-17)27-21(16-18(2)24-27)23(28)26-13-11-25(12-14-26)20-9-4-5-10-22(20)29-3;1-2/h5-9,14-16H,10-13H2,1-4H3;4-10,15-16H,11-14H2,1-3H3;1H2. The molecule has 2 aliphatic rings. The Morgan fingerprint density at radius 2 is 1.05 bits per heavy atom. The number of rotatable bonds is 9. The lowest BCUT2D eigenvalue weighted by molar-refractivity contribution is -0.0980. The summed E-state index contributed by atoms with van der Waals surface area (Å²) in [6.45, 7) is 15.7. The van der Waals surface area contributed by atoms with E-state index in [1.165, 1.54) is 10.6 Å². The molecule has 0 saturated carbocycles. The average molecular weight is 857 g/mol. The molecule has 0 radical (unpaired) electrons. The van der Waals surface area contributed by atoms with E-state index in [9.17, 15) is 9.59 Å². The minimum Gasteiger partial charge on any atom is -0.497 e. The summed E-state index contributed by atoms with van der Waals surface area (Å²) in [7, 11) is 3.30. The van der Waals surface area contributed by atoms with Crippen LogP contribution >= 0.6 is 11.8 Å². The van der Waals surface area contributed by atoms with Crippen LogP contribution in [-0.4, -0.2) is 121 Å². The van der Waals surface area contributed by atoms with Gasteiger partial charge >= 0.3 is 0 Å². The molecule has 0 aliphatic carbocycles. The Morgan fingerprint density at radius 1 is 0.565 bits per heavy atom. The lowest BCUT2D eigenvalue weighted by Gasteiger charge is -2.36. The van der Waals surface area contributed by atoms with E-state index in [4.69, 9.17) is 14.3 Å². The molecule has 62 heavy (non-hydrogen) atoms. The predicted octanol–water partition coefficient (Wildman–Crippen LogP) is 7.46. The van der Waals surface area contributed by atoms with Gasteiger partial charge < -0.3 is 33.9 Å². The normalized spacial score (nSPS) is 13.7. The quantitative estimate of drug-likeness (QED) is 0.136. The van der Waals surface area contributed by atoms with Gasteiger partial charge in [-0.1, -0.05) is 36.4 Å². The molecule has 8 rings (SSSR count). The molecule has 0 bridgehead atoms. The van der Waals surface area contributed by atoms with Gasteiger partial charge in [0, 0.05) is 63.3 Å². The van der Waals surface area contributed by atoms with Crippen molar-refractivity contribution < 1.29 is 23.9 Å². The summed E-state index contributed by atoms with van der Waals surface area (Å²) in [5.74, 6) is 1.58. The molecular formula is C48H56N8O5S. The Bertz CT molecular complexity index is 2470. The average Bonchev–Trinajstić information content (AvgIpc) is 3.91. The zero-order valence-electron chi connectivity index (χ0n) is 36.7. The number of hydrogen-bond acceptors (Lipinski definition) is 10. The number of hydrogen-bond donors (Lipinski definition) is 0. The van der Waals surface area contributed by atoms with E-state index in [1.54, 1.807) is 35.3 Å². The summed E-state index contributed by atoms with van der Waals surface area (Å²) < 4.78 is 14.4. The number of amides is 2. The number of anilines is 2. The van der Waals surface area contributed by atoms with Crippen molar-refractivity contribution in [1.82, 2.24) is 29.4 Å². The van der Waals surface area contributed by atoms with Crippen LogP contribution in [0.1, 0.15) is 43.5 Å². The third-order valence-corrected chi connectivity index (χ3v) is 11.7. The second kappa shape index (κ2) is 20.8. The summed E-state index contributed by atoms with van der Waals surface area (Å²) in [4.78, 5) is 44.4. The number of para-hydroxylation sites is 1. The van der Waals surface area contributed by atoms with Crippen LogP contribution in [0.2, 0.25) is 0 Å². The van der Waals surface area contributed by atoms with E-state index in [0.717, 1.165) is 77.3 Å². The third kappa shape index (κ3) is 10.3. The van der Waals surface area contributed by atoms with Gasteiger partial charge in [0.05, 0.1) is 48.4 Å². The van der Waals surface area contributed by atoms with Crippen molar-refractivity contribution >= 4 is 41.7 Å². The van der Waals surface area contributed by atoms with Crippen molar-refractivity contribution in [2.45, 2.75) is 32.6 Å². The molecule has 4 aromatic carbocycles. The van der Waals surface area contributed by atoms with Crippen molar-refractivity contribution in [2.24, 2.45) is 0 Å². The minimum absolute atomic E-state index is 0.00320. The largest absolute Gasteiger partial charge is 0.497 e. The fourth-order valence-electron chi connectivity index (χ4n) is 7.78. The number of methoxy groups -OCH3 is 2. The molecule has 0 atom stereocenters. The fraction of sp³-hybridized carbons (Fsp3) is 0.312. The lowest BCUT2D eigenvalue weighted by Crippen LogP contribution is -2.49. The Balaban J connectivity index is 0.000000199. The maximum absolute atomic E-state index is 13.3. The van der Waals surface area contributed by atoms with Crippen LogP contribution in [0.4, 0.5) is 11.4 Å². The van der Waals surface area contributed by atoms with Crippen LogP contribution in [-0.2, 0) is 4.79 Å². The lowest BCUT2D eigenvalue weighted by atomic mass is 10.2. The number of thioether (sulfide) groups is 1. The smallest absolute Gasteiger partial charge is 0.272 e. The summed E-state index contributed by atoms with van der Waals surface area (Å²) in [6.07, 6.45) is 2.10. The molecule has 13 nitrogen and oxygen atoms in total. The monoisotopic (exact) mass is 856 g/mol. The first kappa shape index (κ1) is 45.0. The van der Waals surface area contributed by atoms with Gasteiger partial charge in [0.15, 0.2) is 0 Å². The molecule has 4 heterocycles. The molecule has 6 aromatic rings. The Hall–Kier alpha value is -6.54. The summed E-state index contributed by atoms with van der Waals surface area (Å²) in [5, 5.41) is 9.15. The first-order valence-electron chi connectivity index (χ1n) is 20.6. The van der Waals surface area contributed by atoms with Crippen molar-refractivity contribution in [3.8, 4) is 22.9 Å². The van der Waals surface area contributed by atoms with Crippen LogP contribution in [0.3, 0.4) is 0 Å². The number of carbonyl (C=O) groups is 3. The molecule has 0 spiro atoms. The first-order valence-corrected chi connectivity index (χ1v) is 21.8. The second-order valence-electron chi connectivity index (χ2n) is 15.1. The number of carbonyl (C=O) groups excluding carboxylic acids is 3. The number of ether oxygens (including phenoxy) is 2. The van der Waals surface area contributed by atoms with E-state index >= 15 is 0 Å². The summed E-state index contributed by atoms with van der Waals surface area (Å²) >= 11 is 1.76. The molecule has 2 amide bonds. The van der Waals surface area contributed by atoms with E-state index < -0.39 is 0 Å². The zero-order valence-corrected chi connectivity index (χ0v) is 37.5. The highest BCUT2D eigenvalue weighted by Crippen LogP contribution is 2.33. The van der Waals surface area contributed by atoms with Crippen LogP contribution in [0, 0.1) is 27.7 Å². The Labute approximate surface area is 368 Å². The van der Waals surface area contributed by atoms with Gasteiger partial charge in [-0.25, -0.2) is 9.36 Å². The molecule has 324 valence electrons. The van der Waals surface area contributed by atoms with Gasteiger partial charge in [0.1, 0.15) is 29.7 Å². The van der Waals surface area contributed by atoms with Crippen LogP contribution < -0.4 is 19.3 Å². The molecule has 2 aromatic heterocycles. The molecule has 2 fully saturated rings. The highest BCUT2D eigenvalue weighted by Gasteiger charge is 2.28. The predicted molar refractivity (Wildman–Crippen MR) is 247 cm³/mol. The van der Waals surface area contributed by atoms with Crippen molar-refractivity contribution in [3.05, 3.63) is 137 Å². The van der Waals surface area contributed by atoms with Gasteiger partial charge in [-0.2, -0.15) is 10.2 Å². The van der Waals surface area contributed by atoms with Crippen molar-refractivity contribution in [2.75, 3.05) is 82.6 Å². The number of aryl methyl sites for hydroxylation is 4. The topological polar surface area (TPSA) is 118 Å². The zero-order chi connectivity index (χ0) is 44.3. The maximum Gasteiger partial charge on any atom is 0.272 e. The van der Waals surface area contributed by atoms with Crippen molar-refractivity contribution in [3.63, 3.8) is 0 Å². The molecule has 0 unspecified atom stereocenters. The van der Waals surface area contributed by atoms with Gasteiger partial charge in [-0.3, -0.25) is 9.59 Å². The maximum atomic E-state index is 13.3. The van der Waals surface area contributed by atoms with E-state index in [1.807, 2.05) is 117 Å². The highest BCUT2D eigenvalue weighted by molar-refractivity contribution is 7.98. The van der Waals surface area contributed by atoms with Gasteiger partial charge in [0.25, 0.3) is 11.8 Å². The Morgan fingerprint density at radius 3 is 1.50 bits per heavy atom. The summed E-state index contributed by atoms with van der Waals surface area (Å²) in [5.41, 5.74) is 9.27. The van der Waals surface area contributed by atoms with Gasteiger partial charge in [-0.05, 0) is 106 Å². The van der Waals surface area contributed by atoms with Gasteiger partial charge in [-0.15, -0.1) is 11.8 Å². The molecule has 2 aliphatic heterocycles. The molecular weight excluding hydrogens is 801 g/mol. The molecule has 14 heteroatoms. The highest BCUT2D eigenvalue weighted by atomic mass is 32.2. The fourth-order valence-corrected chi connectivity index (χ4v) is 8.40. The number of aromatic nitrogens is 4. The summed E-state index contributed by atoms with van der Waals surface area (Å²) in [6, 6.07) is 34.2. The molecule has 0 N–H and O–H groups in total. The van der Waals surface area contributed by atoms with E-state index in [0.29, 0.717) is 37.6 Å². The van der Waals surface area contributed by atoms with Crippen molar-refractivity contribution in [1.29, 1.82) is 0 Å². The van der Waals surface area contributed by atoms with Crippen LogP contribution in [0.15, 0.2) is 108 Å². The first-order chi connectivity index (χ1) is 30.1. The SMILES string of the molecule is C=O.COc1ccc(N2CCN(C(=O)c3cc(C)nn3-c3cccc(C)c3)CC2)c(OC)c1.CSc1ccccc1N1CCN(C(=O)c2cc(C)nn2-c2cccc(C)c2)CC1. The van der Waals surface area contributed by atoms with E-state index in [2.05, 4.69) is 56.6 Å². The number of piperazine rings is 2. The Kier molecular flexibility index (Phi) is 15.1. The van der Waals surface area contributed by atoms with Gasteiger partial charge in [0.2, 0.25) is 0 Å². The second-order valence-corrected chi connectivity index (χ2v) is 16.0. The minimum atomic E-state index is 0.00320. The van der Waals surface area contributed by atoms with Crippen LogP contribution in [0.25, 0.3) is 11.4 Å². The number of benzene rings is 4. The van der Waals surface area contributed by atoms with Crippen LogP contribution in [0.5, 0.6) is 11.5 Å². The molecule has 2 saturated heterocycles. The van der Waals surface area contributed by atoms with E-state index in [-0.39, 0.29) is 11.8 Å². The number of nitrogens with zero attached hydrogens (tertiary/aromatic N) is 8.